The summed E-state index contributed by atoms with van der Waals surface area (Å²) in [6.45, 7) is 3.77. The Morgan fingerprint density at radius 2 is 2.06 bits per heavy atom. The topological polar surface area (TPSA) is 131 Å². The number of alkyl halides is 3. The van der Waals surface area contributed by atoms with E-state index >= 15 is 0 Å². The highest BCUT2D eigenvalue weighted by Gasteiger charge is 2.29. The van der Waals surface area contributed by atoms with Gasteiger partial charge in [0.05, 0.1) is 17.8 Å². The summed E-state index contributed by atoms with van der Waals surface area (Å²) in [4.78, 5) is 27.2. The Morgan fingerprint density at radius 1 is 1.38 bits per heavy atom. The average Bonchev–Trinajstić information content (AvgIpc) is 3.14. The molecule has 0 aliphatic carbocycles. The fraction of sp³-hybridized carbons (Fsp3) is 0.476. The number of aliphatic imine (C=N–C) groups is 1. The van der Waals surface area contributed by atoms with Crippen molar-refractivity contribution in [3.8, 4) is 11.4 Å². The van der Waals surface area contributed by atoms with Crippen LogP contribution in [0.1, 0.15) is 39.8 Å². The molecule has 2 heterocycles. The normalized spacial score (nSPS) is 15.5. The predicted molar refractivity (Wildman–Crippen MR) is 127 cm³/mol. The second-order valence-corrected chi connectivity index (χ2v) is 9.81. The molecule has 3 unspecified atom stereocenters. The van der Waals surface area contributed by atoms with Crippen LogP contribution in [-0.2, 0) is 16.7 Å². The standard InChI is InChI=1S/C21H29F3N7O2P/c1-12(7-13(9-25)10-26-19(22)23)18(33)27-20(2,3)11-31-15(8-16(30-31)21(4,24)34)14-5-6-17(32)29-28-14/h5-6,8-10,12,19H,7,11,25,34H2,1-4H3,(H,27,33)(H,29,32)/b13-9-,26-10+. The molecule has 3 atom stereocenters. The predicted octanol–water partition coefficient (Wildman–Crippen LogP) is 2.71. The Bertz CT molecular complexity index is 1100. The number of allylic oxidation sites excluding steroid dienone is 1. The van der Waals surface area contributed by atoms with E-state index in [9.17, 15) is 22.8 Å². The van der Waals surface area contributed by atoms with Gasteiger partial charge in [0.25, 0.3) is 5.56 Å². The third-order valence-corrected chi connectivity index (χ3v) is 5.08. The molecule has 0 aliphatic heterocycles. The third-order valence-electron chi connectivity index (χ3n) is 4.79. The highest BCUT2D eigenvalue weighted by molar-refractivity contribution is 7.18. The highest BCUT2D eigenvalue weighted by Crippen LogP contribution is 2.34. The Morgan fingerprint density at radius 3 is 2.59 bits per heavy atom. The molecule has 0 saturated carbocycles. The van der Waals surface area contributed by atoms with Crippen molar-refractivity contribution in [1.82, 2.24) is 25.3 Å². The first-order valence-electron chi connectivity index (χ1n) is 10.4. The fourth-order valence-electron chi connectivity index (χ4n) is 3.10. The Hall–Kier alpha value is -3.01. The van der Waals surface area contributed by atoms with E-state index in [0.29, 0.717) is 17.0 Å². The number of nitrogens with zero attached hydrogens (tertiary/aromatic N) is 4. The van der Waals surface area contributed by atoms with Gasteiger partial charge in [0.2, 0.25) is 5.91 Å². The maximum Gasteiger partial charge on any atom is 0.331 e. The fourth-order valence-corrected chi connectivity index (χ4v) is 3.24. The van der Waals surface area contributed by atoms with Crippen molar-refractivity contribution in [2.45, 2.75) is 58.2 Å². The summed E-state index contributed by atoms with van der Waals surface area (Å²) in [5.41, 5.74) is 5.47. The number of aromatic nitrogens is 4. The van der Waals surface area contributed by atoms with Gasteiger partial charge in [0.15, 0.2) is 5.41 Å². The number of carbonyl (C=O) groups is 1. The molecule has 9 nitrogen and oxygen atoms in total. The molecule has 0 aliphatic rings. The molecule has 2 aromatic heterocycles. The van der Waals surface area contributed by atoms with E-state index < -0.39 is 23.4 Å². The highest BCUT2D eigenvalue weighted by atomic mass is 31.0. The van der Waals surface area contributed by atoms with Crippen molar-refractivity contribution in [3.63, 3.8) is 0 Å². The zero-order valence-corrected chi connectivity index (χ0v) is 20.5. The molecule has 0 saturated heterocycles. The largest absolute Gasteiger partial charge is 0.404 e. The third kappa shape index (κ3) is 7.79. The van der Waals surface area contributed by atoms with Crippen LogP contribution in [-0.4, -0.2) is 44.2 Å². The molecule has 2 rings (SSSR count). The van der Waals surface area contributed by atoms with Crippen LogP contribution < -0.4 is 16.6 Å². The molecule has 0 fully saturated rings. The number of nitrogens with one attached hydrogen (secondary N) is 2. The van der Waals surface area contributed by atoms with Gasteiger partial charge < -0.3 is 11.1 Å². The number of hydrogen-bond acceptors (Lipinski definition) is 6. The van der Waals surface area contributed by atoms with Crippen molar-refractivity contribution in [2.75, 3.05) is 0 Å². The summed E-state index contributed by atoms with van der Waals surface area (Å²) < 4.78 is 40.7. The van der Waals surface area contributed by atoms with Gasteiger partial charge in [-0.15, -0.1) is 0 Å². The lowest BCUT2D eigenvalue weighted by Gasteiger charge is -2.28. The van der Waals surface area contributed by atoms with E-state index in [1.165, 1.54) is 29.8 Å². The van der Waals surface area contributed by atoms with E-state index in [-0.39, 0.29) is 30.1 Å². The van der Waals surface area contributed by atoms with Crippen molar-refractivity contribution < 1.29 is 18.0 Å². The van der Waals surface area contributed by atoms with Crippen LogP contribution in [0.2, 0.25) is 0 Å². The zero-order chi connectivity index (χ0) is 25.7. The average molecular weight is 499 g/mol. The number of halogens is 3. The van der Waals surface area contributed by atoms with Crippen LogP contribution in [0.5, 0.6) is 0 Å². The smallest absolute Gasteiger partial charge is 0.331 e. The summed E-state index contributed by atoms with van der Waals surface area (Å²) in [6, 6.07) is 4.31. The second kappa shape index (κ2) is 10.9. The molecule has 0 bridgehead atoms. The number of rotatable bonds is 10. The van der Waals surface area contributed by atoms with Crippen molar-refractivity contribution in [2.24, 2.45) is 16.6 Å². The lowest BCUT2D eigenvalue weighted by atomic mass is 9.98. The van der Waals surface area contributed by atoms with E-state index in [2.05, 4.69) is 34.8 Å². The zero-order valence-electron chi connectivity index (χ0n) is 19.3. The first-order chi connectivity index (χ1) is 15.7. The minimum Gasteiger partial charge on any atom is -0.404 e. The molecule has 4 N–H and O–H groups in total. The monoisotopic (exact) mass is 499 g/mol. The van der Waals surface area contributed by atoms with E-state index in [0.717, 1.165) is 12.4 Å². The van der Waals surface area contributed by atoms with Crippen LogP contribution in [0.25, 0.3) is 11.4 Å². The molecule has 13 heteroatoms. The minimum atomic E-state index is -2.86. The molecule has 0 spiro atoms. The van der Waals surface area contributed by atoms with Gasteiger partial charge in [-0.3, -0.25) is 14.3 Å². The molecular weight excluding hydrogens is 470 g/mol. The molecule has 2 aromatic rings. The summed E-state index contributed by atoms with van der Waals surface area (Å²) in [6.07, 6.45) is 2.19. The SMILES string of the molecule is CC(CC(=C/N)/C=N/C(F)F)C(=O)NC(C)(C)Cn1nc(C(C)(F)P)cc1-c1ccc(=O)[nH]n1. The minimum absolute atomic E-state index is 0.111. The number of amides is 1. The number of nitrogens with two attached hydrogens (primary N) is 1. The van der Waals surface area contributed by atoms with Crippen LogP contribution in [0.4, 0.5) is 13.2 Å². The molecule has 0 aromatic carbocycles. The first kappa shape index (κ1) is 27.2. The maximum absolute atomic E-state index is 14.6. The van der Waals surface area contributed by atoms with Gasteiger partial charge >= 0.3 is 6.55 Å². The van der Waals surface area contributed by atoms with Gasteiger partial charge in [-0.1, -0.05) is 16.2 Å². The number of aromatic amines is 1. The Kier molecular flexibility index (Phi) is 8.77. The first-order valence-corrected chi connectivity index (χ1v) is 11.0. The summed E-state index contributed by atoms with van der Waals surface area (Å²) in [5, 5.41) is 11.8. The van der Waals surface area contributed by atoms with Gasteiger partial charge in [-0.25, -0.2) is 14.5 Å². The maximum atomic E-state index is 14.6. The van der Waals surface area contributed by atoms with Gasteiger partial charge in [0, 0.05) is 18.2 Å². The quantitative estimate of drug-likeness (QED) is 0.263. The Labute approximate surface area is 197 Å². The molecule has 0 radical (unpaired) electrons. The number of H-pyrrole nitrogens is 1. The van der Waals surface area contributed by atoms with Crippen molar-refractivity contribution in [1.29, 1.82) is 0 Å². The molecule has 34 heavy (non-hydrogen) atoms. The van der Waals surface area contributed by atoms with Crippen molar-refractivity contribution in [3.05, 3.63) is 46.0 Å². The number of hydrogen-bond donors (Lipinski definition) is 3. The van der Waals surface area contributed by atoms with Gasteiger partial charge in [-0.05, 0) is 51.1 Å². The lowest BCUT2D eigenvalue weighted by Crippen LogP contribution is -2.48. The van der Waals surface area contributed by atoms with Crippen LogP contribution in [0.15, 0.2) is 39.8 Å². The molecular formula is C21H29F3N7O2P. The van der Waals surface area contributed by atoms with Crippen LogP contribution in [0, 0.1) is 5.92 Å². The van der Waals surface area contributed by atoms with E-state index in [1.807, 2.05) is 0 Å². The summed E-state index contributed by atoms with van der Waals surface area (Å²) >= 11 is 0. The molecule has 1 amide bonds. The summed E-state index contributed by atoms with van der Waals surface area (Å²) in [7, 11) is 2.07. The Balaban J connectivity index is 2.23. The van der Waals surface area contributed by atoms with E-state index in [4.69, 9.17) is 5.73 Å². The van der Waals surface area contributed by atoms with Crippen LogP contribution >= 0.6 is 9.24 Å². The van der Waals surface area contributed by atoms with Crippen molar-refractivity contribution >= 4 is 21.4 Å². The lowest BCUT2D eigenvalue weighted by molar-refractivity contribution is -0.126. The molecule has 186 valence electrons. The van der Waals surface area contributed by atoms with Gasteiger partial charge in [-0.2, -0.15) is 19.0 Å². The summed E-state index contributed by atoms with van der Waals surface area (Å²) in [5.74, 6) is -0.930. The van der Waals surface area contributed by atoms with E-state index in [1.54, 1.807) is 20.8 Å². The van der Waals surface area contributed by atoms with Gasteiger partial charge in [0.1, 0.15) is 11.4 Å². The van der Waals surface area contributed by atoms with Crippen LogP contribution in [0.3, 0.4) is 0 Å². The second-order valence-electron chi connectivity index (χ2n) is 8.73. The number of carbonyl (C=O) groups excluding carboxylic acids is 1.